The molecule has 0 fully saturated rings. The quantitative estimate of drug-likeness (QED) is 0.493. The zero-order valence-electron chi connectivity index (χ0n) is 18.0. The van der Waals surface area contributed by atoms with E-state index < -0.39 is 16.1 Å². The van der Waals surface area contributed by atoms with Gasteiger partial charge in [-0.1, -0.05) is 57.5 Å². The van der Waals surface area contributed by atoms with Crippen molar-refractivity contribution >= 4 is 32.6 Å². The first kappa shape index (κ1) is 21.9. The number of urea groups is 1. The molecule has 0 aliphatic carbocycles. The van der Waals surface area contributed by atoms with E-state index in [1.807, 2.05) is 31.2 Å². The minimum atomic E-state index is -3.86. The third kappa shape index (κ3) is 5.02. The third-order valence-corrected chi connectivity index (χ3v) is 6.26. The smallest absolute Gasteiger partial charge is 0.332 e. The van der Waals surface area contributed by atoms with E-state index in [1.54, 1.807) is 18.3 Å². The average molecular weight is 428 g/mol. The molecule has 0 bridgehead atoms. The van der Waals surface area contributed by atoms with Gasteiger partial charge in [0.1, 0.15) is 0 Å². The van der Waals surface area contributed by atoms with E-state index in [4.69, 9.17) is 0 Å². The number of carbonyl (C=O) groups is 1. The molecular weight excluding hydrogens is 398 g/mol. The van der Waals surface area contributed by atoms with Crippen LogP contribution in [0.1, 0.15) is 61.8 Å². The van der Waals surface area contributed by atoms with E-state index in [2.05, 4.69) is 42.7 Å². The highest BCUT2D eigenvalue weighted by molar-refractivity contribution is 7.89. The lowest BCUT2D eigenvalue weighted by Crippen LogP contribution is -2.35. The number of fused-ring (bicyclic) bond motifs is 1. The normalized spacial score (nSPS) is 12.0. The molecule has 2 aromatic carbocycles. The van der Waals surface area contributed by atoms with Gasteiger partial charge >= 0.3 is 6.03 Å². The topological polar surface area (TPSA) is 91.1 Å². The zero-order valence-corrected chi connectivity index (χ0v) is 18.9. The van der Waals surface area contributed by atoms with Gasteiger partial charge in [-0.05, 0) is 53.0 Å². The van der Waals surface area contributed by atoms with Crippen LogP contribution in [0.4, 0.5) is 10.5 Å². The molecule has 30 heavy (non-hydrogen) atoms. The first-order valence-corrected chi connectivity index (χ1v) is 11.7. The molecule has 2 amide bonds. The molecule has 3 rings (SSSR count). The fourth-order valence-electron chi connectivity index (χ4n) is 3.62. The van der Waals surface area contributed by atoms with Crippen molar-refractivity contribution in [2.75, 3.05) is 5.32 Å². The van der Waals surface area contributed by atoms with Crippen LogP contribution in [-0.4, -0.2) is 19.4 Å². The molecule has 0 aliphatic rings. The van der Waals surface area contributed by atoms with E-state index in [9.17, 15) is 13.2 Å². The molecule has 1 aromatic heterocycles. The number of hydrogen-bond donors (Lipinski definition) is 3. The van der Waals surface area contributed by atoms with Gasteiger partial charge in [-0.15, -0.1) is 0 Å². The molecule has 6 nitrogen and oxygen atoms in total. The Labute approximate surface area is 178 Å². The predicted octanol–water partition coefficient (Wildman–Crippen LogP) is 5.37. The summed E-state index contributed by atoms with van der Waals surface area (Å²) in [6.07, 6.45) is 1.80. The number of amides is 2. The van der Waals surface area contributed by atoms with Gasteiger partial charge in [-0.2, -0.15) is 0 Å². The van der Waals surface area contributed by atoms with Crippen LogP contribution in [-0.2, 0) is 15.8 Å². The summed E-state index contributed by atoms with van der Waals surface area (Å²) in [6.45, 7) is 10.2. The molecular formula is C23H29N3O3S. The maximum absolute atomic E-state index is 12.6. The van der Waals surface area contributed by atoms with Gasteiger partial charge in [-0.3, -0.25) is 0 Å². The van der Waals surface area contributed by atoms with Crippen LogP contribution in [0.3, 0.4) is 0 Å². The van der Waals surface area contributed by atoms with Crippen molar-refractivity contribution in [3.63, 3.8) is 0 Å². The third-order valence-electron chi connectivity index (χ3n) is 5.05. The molecule has 0 aliphatic heterocycles. The Morgan fingerprint density at radius 1 is 1.00 bits per heavy atom. The molecule has 160 valence electrons. The summed E-state index contributed by atoms with van der Waals surface area (Å²) in [7, 11) is -3.86. The first-order valence-electron chi connectivity index (χ1n) is 10.1. The molecule has 0 atom stereocenters. The average Bonchev–Trinajstić information content (AvgIpc) is 3.09. The van der Waals surface area contributed by atoms with Gasteiger partial charge in [-0.25, -0.2) is 17.9 Å². The molecule has 3 aromatic rings. The lowest BCUT2D eigenvalue weighted by Gasteiger charge is -2.21. The SMILES string of the molecule is Cc1cc(C(C)C)c(NC(=O)NS(=O)(=O)Cc2ccc3cc[nH]c3c2)c(C(C)C)c1. The summed E-state index contributed by atoms with van der Waals surface area (Å²) in [5.74, 6) is 0.0841. The second kappa shape index (κ2) is 8.52. The number of sulfonamides is 1. The van der Waals surface area contributed by atoms with Crippen LogP contribution in [0, 0.1) is 6.92 Å². The summed E-state index contributed by atoms with van der Waals surface area (Å²) in [4.78, 5) is 15.7. The standard InChI is InChI=1S/C23H29N3O3S/c1-14(2)19-10-16(5)11-20(15(3)4)22(19)25-23(27)26-30(28,29)13-17-6-7-18-8-9-24-21(18)12-17/h6-12,14-15,24H,13H2,1-5H3,(H2,25,26,27). The Hall–Kier alpha value is -2.80. The number of rotatable bonds is 6. The van der Waals surface area contributed by atoms with E-state index in [-0.39, 0.29) is 17.6 Å². The predicted molar refractivity (Wildman–Crippen MR) is 122 cm³/mol. The van der Waals surface area contributed by atoms with Crippen molar-refractivity contribution in [1.29, 1.82) is 0 Å². The van der Waals surface area contributed by atoms with Gasteiger partial charge < -0.3 is 10.3 Å². The van der Waals surface area contributed by atoms with Crippen LogP contribution in [0.15, 0.2) is 42.6 Å². The highest BCUT2D eigenvalue weighted by Gasteiger charge is 2.20. The lowest BCUT2D eigenvalue weighted by molar-refractivity contribution is 0.256. The van der Waals surface area contributed by atoms with Crippen molar-refractivity contribution in [3.8, 4) is 0 Å². The molecule has 7 heteroatoms. The molecule has 0 saturated carbocycles. The molecule has 0 unspecified atom stereocenters. The van der Waals surface area contributed by atoms with Gasteiger partial charge in [0, 0.05) is 17.4 Å². The Kier molecular flexibility index (Phi) is 6.22. The van der Waals surface area contributed by atoms with Crippen molar-refractivity contribution in [1.82, 2.24) is 9.71 Å². The van der Waals surface area contributed by atoms with E-state index >= 15 is 0 Å². The van der Waals surface area contributed by atoms with Crippen LogP contribution in [0.25, 0.3) is 10.9 Å². The Bertz CT molecular complexity index is 1150. The summed E-state index contributed by atoms with van der Waals surface area (Å²) in [5.41, 5.74) is 5.24. The minimum absolute atomic E-state index is 0.182. The maximum atomic E-state index is 12.6. The first-order chi connectivity index (χ1) is 14.1. The summed E-state index contributed by atoms with van der Waals surface area (Å²) in [6, 6.07) is 10.6. The summed E-state index contributed by atoms with van der Waals surface area (Å²) >= 11 is 0. The zero-order chi connectivity index (χ0) is 22.1. The van der Waals surface area contributed by atoms with Crippen molar-refractivity contribution in [2.45, 2.75) is 52.2 Å². The molecule has 0 spiro atoms. The number of benzene rings is 2. The molecule has 0 radical (unpaired) electrons. The fraction of sp³-hybridized carbons (Fsp3) is 0.348. The summed E-state index contributed by atoms with van der Waals surface area (Å²) in [5, 5.41) is 3.80. The van der Waals surface area contributed by atoms with E-state index in [0.717, 1.165) is 27.6 Å². The lowest BCUT2D eigenvalue weighted by atomic mass is 9.90. The number of hydrogen-bond acceptors (Lipinski definition) is 3. The van der Waals surface area contributed by atoms with Crippen molar-refractivity contribution < 1.29 is 13.2 Å². The van der Waals surface area contributed by atoms with Crippen LogP contribution >= 0.6 is 0 Å². The van der Waals surface area contributed by atoms with Gasteiger partial charge in [0.05, 0.1) is 5.75 Å². The maximum Gasteiger partial charge on any atom is 0.332 e. The Morgan fingerprint density at radius 2 is 1.63 bits per heavy atom. The largest absolute Gasteiger partial charge is 0.361 e. The van der Waals surface area contributed by atoms with E-state index in [1.165, 1.54) is 0 Å². The highest BCUT2D eigenvalue weighted by Crippen LogP contribution is 2.33. The van der Waals surface area contributed by atoms with Crippen LogP contribution in [0.5, 0.6) is 0 Å². The highest BCUT2D eigenvalue weighted by atomic mass is 32.2. The fourth-order valence-corrected chi connectivity index (χ4v) is 4.64. The number of aryl methyl sites for hydroxylation is 1. The Morgan fingerprint density at radius 3 is 2.23 bits per heavy atom. The number of H-pyrrole nitrogens is 1. The number of aromatic nitrogens is 1. The van der Waals surface area contributed by atoms with E-state index in [0.29, 0.717) is 11.3 Å². The monoisotopic (exact) mass is 427 g/mol. The van der Waals surface area contributed by atoms with Crippen LogP contribution in [0.2, 0.25) is 0 Å². The van der Waals surface area contributed by atoms with Crippen molar-refractivity contribution in [3.05, 3.63) is 64.8 Å². The second-order valence-corrected chi connectivity index (χ2v) is 10.1. The minimum Gasteiger partial charge on any atom is -0.361 e. The number of carbonyl (C=O) groups excluding carboxylic acids is 1. The summed E-state index contributed by atoms with van der Waals surface area (Å²) < 4.78 is 27.3. The molecule has 1 heterocycles. The van der Waals surface area contributed by atoms with Gasteiger partial charge in [0.2, 0.25) is 10.0 Å². The number of aromatic amines is 1. The Balaban J connectivity index is 1.80. The van der Waals surface area contributed by atoms with Crippen LogP contribution < -0.4 is 10.0 Å². The number of nitrogens with one attached hydrogen (secondary N) is 3. The second-order valence-electron chi connectivity index (χ2n) is 8.34. The number of anilines is 1. The molecule has 3 N–H and O–H groups in total. The van der Waals surface area contributed by atoms with Crippen molar-refractivity contribution in [2.24, 2.45) is 0 Å². The molecule has 0 saturated heterocycles. The van der Waals surface area contributed by atoms with Gasteiger partial charge in [0.15, 0.2) is 0 Å². The van der Waals surface area contributed by atoms with Gasteiger partial charge in [0.25, 0.3) is 0 Å².